The summed E-state index contributed by atoms with van der Waals surface area (Å²) < 4.78 is 1.81. The van der Waals surface area contributed by atoms with E-state index in [0.29, 0.717) is 10.0 Å². The highest BCUT2D eigenvalue weighted by Crippen LogP contribution is 2.22. The first-order valence-corrected chi connectivity index (χ1v) is 5.33. The number of hydrogen-bond acceptors (Lipinski definition) is 1. The monoisotopic (exact) mass is 240 g/mol. The number of hydrogen-bond donors (Lipinski definition) is 0. The minimum atomic E-state index is 0.713. The van der Waals surface area contributed by atoms with Gasteiger partial charge in [-0.05, 0) is 38.1 Å². The van der Waals surface area contributed by atoms with Crippen LogP contribution in [0.15, 0.2) is 24.3 Å². The summed E-state index contributed by atoms with van der Waals surface area (Å²) in [5.41, 5.74) is 2.74. The van der Waals surface area contributed by atoms with Crippen LogP contribution in [0.2, 0.25) is 10.0 Å². The van der Waals surface area contributed by atoms with Crippen LogP contribution < -0.4 is 0 Å². The summed E-state index contributed by atoms with van der Waals surface area (Å²) in [6.45, 7) is 3.83. The predicted octanol–water partition coefficient (Wildman–Crippen LogP) is 3.80. The Labute approximate surface area is 98.4 Å². The minimum absolute atomic E-state index is 0.713. The lowest BCUT2D eigenvalue weighted by Gasteiger charge is -2.03. The summed E-state index contributed by atoms with van der Waals surface area (Å²) in [6.07, 6.45) is 0. The third-order valence-corrected chi connectivity index (χ3v) is 3.07. The van der Waals surface area contributed by atoms with Crippen LogP contribution in [0.5, 0.6) is 0 Å². The van der Waals surface area contributed by atoms with Gasteiger partial charge in [0.05, 0.1) is 22.1 Å². The summed E-state index contributed by atoms with van der Waals surface area (Å²) in [5, 5.41) is 5.78. The van der Waals surface area contributed by atoms with Gasteiger partial charge in [-0.3, -0.25) is 0 Å². The Kier molecular flexibility index (Phi) is 2.72. The standard InChI is InChI=1S/C11H10Cl2N2/c1-7-11(13)8(2)15(14-7)10-5-3-9(12)4-6-10/h3-6H,1-2H3. The molecular formula is C11H10Cl2N2. The summed E-state index contributed by atoms with van der Waals surface area (Å²) in [5.74, 6) is 0. The van der Waals surface area contributed by atoms with Crippen molar-refractivity contribution in [2.24, 2.45) is 0 Å². The number of aromatic nitrogens is 2. The Morgan fingerprint density at radius 3 is 2.13 bits per heavy atom. The molecule has 0 bridgehead atoms. The molecule has 2 rings (SSSR count). The van der Waals surface area contributed by atoms with Gasteiger partial charge in [0, 0.05) is 5.02 Å². The summed E-state index contributed by atoms with van der Waals surface area (Å²) in [4.78, 5) is 0. The van der Waals surface area contributed by atoms with Gasteiger partial charge in [0.25, 0.3) is 0 Å². The highest BCUT2D eigenvalue weighted by molar-refractivity contribution is 6.32. The number of benzene rings is 1. The van der Waals surface area contributed by atoms with Gasteiger partial charge < -0.3 is 0 Å². The second kappa shape index (κ2) is 3.87. The molecule has 4 heteroatoms. The molecule has 1 heterocycles. The van der Waals surface area contributed by atoms with Crippen LogP contribution in [0.25, 0.3) is 5.69 Å². The largest absolute Gasteiger partial charge is 0.236 e. The van der Waals surface area contributed by atoms with Crippen molar-refractivity contribution in [2.75, 3.05) is 0 Å². The molecule has 2 aromatic rings. The molecule has 0 saturated carbocycles. The predicted molar refractivity (Wildman–Crippen MR) is 63.1 cm³/mol. The van der Waals surface area contributed by atoms with Crippen LogP contribution in [-0.2, 0) is 0 Å². The lowest BCUT2D eigenvalue weighted by atomic mass is 10.3. The molecule has 0 radical (unpaired) electrons. The Morgan fingerprint density at radius 1 is 1.07 bits per heavy atom. The van der Waals surface area contributed by atoms with E-state index in [2.05, 4.69) is 5.10 Å². The molecule has 0 saturated heterocycles. The van der Waals surface area contributed by atoms with Gasteiger partial charge in [0.1, 0.15) is 0 Å². The number of nitrogens with zero attached hydrogens (tertiary/aromatic N) is 2. The van der Waals surface area contributed by atoms with Crippen molar-refractivity contribution >= 4 is 23.2 Å². The first-order chi connectivity index (χ1) is 7.09. The summed E-state index contributed by atoms with van der Waals surface area (Å²) in [6, 6.07) is 7.50. The van der Waals surface area contributed by atoms with E-state index in [1.807, 2.05) is 42.8 Å². The maximum atomic E-state index is 6.07. The van der Waals surface area contributed by atoms with Gasteiger partial charge in [0.15, 0.2) is 0 Å². The topological polar surface area (TPSA) is 17.8 Å². The molecule has 0 atom stereocenters. The van der Waals surface area contributed by atoms with E-state index < -0.39 is 0 Å². The van der Waals surface area contributed by atoms with Crippen molar-refractivity contribution in [1.82, 2.24) is 9.78 Å². The SMILES string of the molecule is Cc1nn(-c2ccc(Cl)cc2)c(C)c1Cl. The minimum Gasteiger partial charge on any atom is -0.236 e. The van der Waals surface area contributed by atoms with Crippen LogP contribution >= 0.6 is 23.2 Å². The van der Waals surface area contributed by atoms with Crippen LogP contribution in [-0.4, -0.2) is 9.78 Å². The normalized spacial score (nSPS) is 10.7. The maximum Gasteiger partial charge on any atom is 0.0848 e. The number of rotatable bonds is 1. The summed E-state index contributed by atoms with van der Waals surface area (Å²) >= 11 is 11.9. The molecule has 0 unspecified atom stereocenters. The fraction of sp³-hybridized carbons (Fsp3) is 0.182. The molecule has 0 aliphatic heterocycles. The highest BCUT2D eigenvalue weighted by atomic mass is 35.5. The van der Waals surface area contributed by atoms with E-state index in [1.165, 1.54) is 0 Å². The number of halogens is 2. The van der Waals surface area contributed by atoms with Crippen molar-refractivity contribution in [3.05, 3.63) is 45.7 Å². The molecule has 1 aromatic heterocycles. The van der Waals surface area contributed by atoms with Crippen LogP contribution in [0.3, 0.4) is 0 Å². The Hall–Kier alpha value is -0.990. The van der Waals surface area contributed by atoms with Gasteiger partial charge in [-0.15, -0.1) is 0 Å². The van der Waals surface area contributed by atoms with E-state index in [0.717, 1.165) is 17.1 Å². The van der Waals surface area contributed by atoms with E-state index in [1.54, 1.807) is 0 Å². The quantitative estimate of drug-likeness (QED) is 0.742. The lowest BCUT2D eigenvalue weighted by molar-refractivity contribution is 0.834. The van der Waals surface area contributed by atoms with Gasteiger partial charge in [0.2, 0.25) is 0 Å². The molecule has 0 N–H and O–H groups in total. The van der Waals surface area contributed by atoms with Crippen LogP contribution in [0.4, 0.5) is 0 Å². The zero-order chi connectivity index (χ0) is 11.0. The fourth-order valence-corrected chi connectivity index (χ4v) is 1.70. The Morgan fingerprint density at radius 2 is 1.67 bits per heavy atom. The molecule has 15 heavy (non-hydrogen) atoms. The average molecular weight is 241 g/mol. The van der Waals surface area contributed by atoms with E-state index in [-0.39, 0.29) is 0 Å². The van der Waals surface area contributed by atoms with Crippen molar-refractivity contribution in [3.63, 3.8) is 0 Å². The molecule has 78 valence electrons. The molecular weight excluding hydrogens is 231 g/mol. The van der Waals surface area contributed by atoms with Crippen molar-refractivity contribution in [3.8, 4) is 5.69 Å². The first-order valence-electron chi connectivity index (χ1n) is 4.57. The third-order valence-electron chi connectivity index (χ3n) is 2.27. The second-order valence-corrected chi connectivity index (χ2v) is 4.19. The van der Waals surface area contributed by atoms with E-state index in [9.17, 15) is 0 Å². The van der Waals surface area contributed by atoms with Gasteiger partial charge in [-0.25, -0.2) is 4.68 Å². The molecule has 1 aromatic carbocycles. The average Bonchev–Trinajstić information content (AvgIpc) is 2.47. The van der Waals surface area contributed by atoms with Crippen molar-refractivity contribution in [1.29, 1.82) is 0 Å². The van der Waals surface area contributed by atoms with Gasteiger partial charge in [-0.2, -0.15) is 5.10 Å². The smallest absolute Gasteiger partial charge is 0.0848 e. The fourth-order valence-electron chi connectivity index (χ4n) is 1.46. The molecule has 0 amide bonds. The van der Waals surface area contributed by atoms with Crippen molar-refractivity contribution in [2.45, 2.75) is 13.8 Å². The second-order valence-electron chi connectivity index (χ2n) is 3.37. The van der Waals surface area contributed by atoms with Gasteiger partial charge in [-0.1, -0.05) is 23.2 Å². The Balaban J connectivity index is 2.54. The highest BCUT2D eigenvalue weighted by Gasteiger charge is 2.09. The zero-order valence-electron chi connectivity index (χ0n) is 8.46. The van der Waals surface area contributed by atoms with Gasteiger partial charge >= 0.3 is 0 Å². The summed E-state index contributed by atoms with van der Waals surface area (Å²) in [7, 11) is 0. The van der Waals surface area contributed by atoms with Crippen LogP contribution in [0, 0.1) is 13.8 Å². The van der Waals surface area contributed by atoms with Crippen molar-refractivity contribution < 1.29 is 0 Å². The first kappa shape index (κ1) is 10.5. The molecule has 0 aliphatic rings. The molecule has 2 nitrogen and oxygen atoms in total. The Bertz CT molecular complexity index is 486. The molecule has 0 spiro atoms. The number of aryl methyl sites for hydroxylation is 1. The third kappa shape index (κ3) is 1.87. The maximum absolute atomic E-state index is 6.07. The van der Waals surface area contributed by atoms with Crippen LogP contribution in [0.1, 0.15) is 11.4 Å². The zero-order valence-corrected chi connectivity index (χ0v) is 9.97. The lowest BCUT2D eigenvalue weighted by Crippen LogP contribution is -1.98. The molecule has 0 aliphatic carbocycles. The molecule has 0 fully saturated rings. The van der Waals surface area contributed by atoms with E-state index in [4.69, 9.17) is 23.2 Å². The van der Waals surface area contributed by atoms with E-state index >= 15 is 0 Å².